The lowest BCUT2D eigenvalue weighted by atomic mass is 10.0. The highest BCUT2D eigenvalue weighted by Gasteiger charge is 2.00. The van der Waals surface area contributed by atoms with Crippen LogP contribution in [0.1, 0.15) is 5.56 Å². The molecule has 0 spiro atoms. The van der Waals surface area contributed by atoms with E-state index >= 15 is 0 Å². The number of nitrogens with one attached hydrogen (secondary N) is 1. The van der Waals surface area contributed by atoms with E-state index in [1.54, 1.807) is 6.20 Å². The van der Waals surface area contributed by atoms with Crippen LogP contribution in [0, 0.1) is 0 Å². The number of hydrogen-bond donors (Lipinski definition) is 1. The van der Waals surface area contributed by atoms with Crippen LogP contribution in [0.3, 0.4) is 0 Å². The molecule has 3 rings (SSSR count). The Bertz CT molecular complexity index is 704. The molecule has 19 heavy (non-hydrogen) atoms. The molecule has 0 aliphatic heterocycles. The topological polar surface area (TPSA) is 24.9 Å². The summed E-state index contributed by atoms with van der Waals surface area (Å²) in [5.41, 5.74) is 2.25. The lowest BCUT2D eigenvalue weighted by Gasteiger charge is -2.09. The Morgan fingerprint density at radius 1 is 1.00 bits per heavy atom. The van der Waals surface area contributed by atoms with Gasteiger partial charge >= 0.3 is 0 Å². The minimum atomic E-state index is 0.503. The monoisotopic (exact) mass is 268 g/mol. The SMILES string of the molecule is Clc1cc(NCc2cccc3ccccc23)ccn1. The maximum atomic E-state index is 5.87. The van der Waals surface area contributed by atoms with Crippen molar-refractivity contribution >= 4 is 28.1 Å². The first-order chi connectivity index (χ1) is 9.33. The molecule has 0 unspecified atom stereocenters. The summed E-state index contributed by atoms with van der Waals surface area (Å²) < 4.78 is 0. The van der Waals surface area contributed by atoms with Gasteiger partial charge in [-0.15, -0.1) is 0 Å². The molecule has 0 atom stereocenters. The zero-order valence-electron chi connectivity index (χ0n) is 10.3. The van der Waals surface area contributed by atoms with E-state index in [1.807, 2.05) is 12.1 Å². The number of hydrogen-bond acceptors (Lipinski definition) is 2. The third kappa shape index (κ3) is 2.69. The molecule has 3 heteroatoms. The van der Waals surface area contributed by atoms with Gasteiger partial charge in [0.25, 0.3) is 0 Å². The predicted molar refractivity (Wildman–Crippen MR) is 80.5 cm³/mol. The van der Waals surface area contributed by atoms with E-state index in [-0.39, 0.29) is 0 Å². The van der Waals surface area contributed by atoms with Crippen LogP contribution in [0.15, 0.2) is 60.8 Å². The lowest BCUT2D eigenvalue weighted by molar-refractivity contribution is 1.16. The second kappa shape index (κ2) is 5.29. The maximum absolute atomic E-state index is 5.87. The summed E-state index contributed by atoms with van der Waals surface area (Å²) in [7, 11) is 0. The van der Waals surface area contributed by atoms with Gasteiger partial charge in [0.05, 0.1) is 0 Å². The molecule has 0 aliphatic carbocycles. The van der Waals surface area contributed by atoms with Crippen molar-refractivity contribution in [2.24, 2.45) is 0 Å². The summed E-state index contributed by atoms with van der Waals surface area (Å²) in [5, 5.41) is 6.41. The number of rotatable bonds is 3. The summed E-state index contributed by atoms with van der Waals surface area (Å²) in [6.45, 7) is 0.766. The smallest absolute Gasteiger partial charge is 0.131 e. The quantitative estimate of drug-likeness (QED) is 0.708. The van der Waals surface area contributed by atoms with E-state index < -0.39 is 0 Å². The van der Waals surface area contributed by atoms with Gasteiger partial charge in [0, 0.05) is 18.4 Å². The lowest BCUT2D eigenvalue weighted by Crippen LogP contribution is -2.00. The van der Waals surface area contributed by atoms with E-state index in [4.69, 9.17) is 11.6 Å². The van der Waals surface area contributed by atoms with Gasteiger partial charge in [0.1, 0.15) is 5.15 Å². The van der Waals surface area contributed by atoms with Crippen molar-refractivity contribution in [2.45, 2.75) is 6.54 Å². The number of anilines is 1. The largest absolute Gasteiger partial charge is 0.381 e. The summed E-state index contributed by atoms with van der Waals surface area (Å²) in [4.78, 5) is 3.97. The van der Waals surface area contributed by atoms with Gasteiger partial charge in [0.15, 0.2) is 0 Å². The normalized spacial score (nSPS) is 10.6. The standard InChI is InChI=1S/C16H13ClN2/c17-16-10-14(8-9-18-16)19-11-13-6-3-5-12-4-1-2-7-15(12)13/h1-10H,11H2,(H,18,19). The average molecular weight is 269 g/mol. The summed E-state index contributed by atoms with van der Waals surface area (Å²) in [6, 6.07) is 18.5. The minimum absolute atomic E-state index is 0.503. The molecular formula is C16H13ClN2. The van der Waals surface area contributed by atoms with Crippen LogP contribution in [0.2, 0.25) is 5.15 Å². The molecule has 0 amide bonds. The van der Waals surface area contributed by atoms with Gasteiger partial charge in [-0.2, -0.15) is 0 Å². The molecule has 0 saturated carbocycles. The number of aromatic nitrogens is 1. The molecule has 0 aliphatic rings. The van der Waals surface area contributed by atoms with Crippen LogP contribution in [0.4, 0.5) is 5.69 Å². The highest BCUT2D eigenvalue weighted by atomic mass is 35.5. The fraction of sp³-hybridized carbons (Fsp3) is 0.0625. The Balaban J connectivity index is 1.86. The average Bonchev–Trinajstić information content (AvgIpc) is 2.45. The van der Waals surface area contributed by atoms with E-state index in [2.05, 4.69) is 52.8 Å². The zero-order chi connectivity index (χ0) is 13.1. The minimum Gasteiger partial charge on any atom is -0.381 e. The molecule has 0 radical (unpaired) electrons. The van der Waals surface area contributed by atoms with Crippen molar-refractivity contribution in [2.75, 3.05) is 5.32 Å². The van der Waals surface area contributed by atoms with Crippen LogP contribution in [0.5, 0.6) is 0 Å². The van der Waals surface area contributed by atoms with Crippen molar-refractivity contribution in [3.8, 4) is 0 Å². The molecule has 2 aromatic carbocycles. The summed E-state index contributed by atoms with van der Waals surface area (Å²) in [6.07, 6.45) is 1.70. The Morgan fingerprint density at radius 3 is 2.74 bits per heavy atom. The molecular weight excluding hydrogens is 256 g/mol. The molecule has 1 N–H and O–H groups in total. The molecule has 2 nitrogen and oxygen atoms in total. The van der Waals surface area contributed by atoms with Crippen molar-refractivity contribution in [3.05, 3.63) is 71.5 Å². The fourth-order valence-electron chi connectivity index (χ4n) is 2.16. The molecule has 0 bridgehead atoms. The molecule has 1 heterocycles. The Morgan fingerprint density at radius 2 is 1.84 bits per heavy atom. The van der Waals surface area contributed by atoms with Gasteiger partial charge in [0.2, 0.25) is 0 Å². The number of benzene rings is 2. The number of pyridine rings is 1. The Hall–Kier alpha value is -2.06. The Labute approximate surface area is 117 Å². The third-order valence-electron chi connectivity index (χ3n) is 3.09. The van der Waals surface area contributed by atoms with E-state index in [0.717, 1.165) is 12.2 Å². The van der Waals surface area contributed by atoms with Crippen LogP contribution in [-0.2, 0) is 6.54 Å². The van der Waals surface area contributed by atoms with E-state index in [0.29, 0.717) is 5.15 Å². The zero-order valence-corrected chi connectivity index (χ0v) is 11.1. The van der Waals surface area contributed by atoms with Crippen molar-refractivity contribution < 1.29 is 0 Å². The van der Waals surface area contributed by atoms with E-state index in [1.165, 1.54) is 16.3 Å². The highest BCUT2D eigenvalue weighted by Crippen LogP contribution is 2.20. The highest BCUT2D eigenvalue weighted by molar-refractivity contribution is 6.29. The second-order valence-electron chi connectivity index (χ2n) is 4.36. The van der Waals surface area contributed by atoms with Gasteiger partial charge < -0.3 is 5.32 Å². The molecule has 1 aromatic heterocycles. The number of fused-ring (bicyclic) bond motifs is 1. The summed E-state index contributed by atoms with van der Waals surface area (Å²) in [5.74, 6) is 0. The second-order valence-corrected chi connectivity index (χ2v) is 4.75. The van der Waals surface area contributed by atoms with Crippen molar-refractivity contribution in [3.63, 3.8) is 0 Å². The predicted octanol–water partition coefficient (Wildman–Crippen LogP) is 4.50. The maximum Gasteiger partial charge on any atom is 0.131 e. The van der Waals surface area contributed by atoms with Crippen LogP contribution < -0.4 is 5.32 Å². The molecule has 0 fully saturated rings. The first-order valence-electron chi connectivity index (χ1n) is 6.15. The summed E-state index contributed by atoms with van der Waals surface area (Å²) >= 11 is 5.87. The van der Waals surface area contributed by atoms with Gasteiger partial charge in [-0.25, -0.2) is 4.98 Å². The fourth-order valence-corrected chi connectivity index (χ4v) is 2.33. The number of nitrogens with zero attached hydrogens (tertiary/aromatic N) is 1. The van der Waals surface area contributed by atoms with Crippen LogP contribution in [-0.4, -0.2) is 4.98 Å². The first kappa shape index (κ1) is 12.0. The Kier molecular flexibility index (Phi) is 3.34. The number of halogens is 1. The first-order valence-corrected chi connectivity index (χ1v) is 6.53. The van der Waals surface area contributed by atoms with Crippen LogP contribution in [0.25, 0.3) is 10.8 Å². The molecule has 0 saturated heterocycles. The van der Waals surface area contributed by atoms with Gasteiger partial charge in [-0.1, -0.05) is 54.1 Å². The van der Waals surface area contributed by atoms with Gasteiger partial charge in [-0.05, 0) is 28.5 Å². The van der Waals surface area contributed by atoms with Crippen molar-refractivity contribution in [1.82, 2.24) is 4.98 Å². The van der Waals surface area contributed by atoms with Crippen LogP contribution >= 0.6 is 11.6 Å². The van der Waals surface area contributed by atoms with Gasteiger partial charge in [-0.3, -0.25) is 0 Å². The molecule has 3 aromatic rings. The third-order valence-corrected chi connectivity index (χ3v) is 3.30. The molecule has 94 valence electrons. The van der Waals surface area contributed by atoms with Crippen molar-refractivity contribution in [1.29, 1.82) is 0 Å². The van der Waals surface area contributed by atoms with E-state index in [9.17, 15) is 0 Å².